The van der Waals surface area contributed by atoms with Crippen molar-refractivity contribution < 1.29 is 42.9 Å². The Morgan fingerprint density at radius 3 is 1.26 bits per heavy atom. The number of carbonyl (C=O) groups is 5. The number of allylic oxidation sites excluding steroid dienone is 5. The van der Waals surface area contributed by atoms with Gasteiger partial charge < -0.3 is 44.7 Å². The highest BCUT2D eigenvalue weighted by atomic mass is 16.5. The third-order valence-electron chi connectivity index (χ3n) is 49.5. The molecule has 0 bridgehead atoms. The van der Waals surface area contributed by atoms with E-state index in [1.807, 2.05) is 31.9 Å². The van der Waals surface area contributed by atoms with Crippen LogP contribution in [0.15, 0.2) is 56.9 Å². The Balaban J connectivity index is 0.000000111. The van der Waals surface area contributed by atoms with Crippen LogP contribution < -0.4 is 16.0 Å². The van der Waals surface area contributed by atoms with Crippen molar-refractivity contribution in [3.8, 4) is 0 Å². The van der Waals surface area contributed by atoms with E-state index >= 15 is 0 Å². The first-order valence-corrected chi connectivity index (χ1v) is 59.8. The minimum atomic E-state index is -0.330. The first-order chi connectivity index (χ1) is 66.4. The van der Waals surface area contributed by atoms with Gasteiger partial charge in [-0.2, -0.15) is 0 Å². The number of nitrogens with zero attached hydrogens (tertiary/aromatic N) is 2. The van der Waals surface area contributed by atoms with Crippen LogP contribution >= 0.6 is 0 Å². The largest absolute Gasteiger partial charge is 0.371 e. The standard InChI is InChI=1S/C36H57NO3.C31H47NO2.C30H48N2O2.C29H45NO2/c1-21-16-24(12-15-37-33(39)34(4,5)6)32-23(3)36(40-31(32)17-21)14-11-27-28-9-8-25-18-26(38)10-13-35(25,7)30(28)19-29(27)22(2)20-36;1-18(2)32-17-19(3)13-28-29(32)21(5)31(34-28)12-10-24-25-8-7-22-14-23(33)9-11-30(22,6)27(25)15-26(24)20(4)16-31;1-17-12-27-28(31-16-17)19(3)30(34-27)11-9-23-24-7-6-21-13-22(32-20(4)33)8-10-29(21,5)26(24)14-25(23)18(2)15-30;1-17-12-26-27(30(5)16-17)19(3)29(32-26)11-9-22-23-7-6-20-13-21(31)8-10-28(20,4)25(23)14-24(22)18(2)15-29/h21,23-25,27-28,30-32H,8-20H2,1-7H3,(H,37,39);19,21-22,24-25,27-29H,1,7-17H2,2-6H3;17,19,21-24,26-28,31H,6-16H2,1-5H3,(H,32,33);17,19-20,22-23,25-27H,6-16H2,1-5H3/t21-,23-,24?,25-,27+,28+,30+,31-,32-,35+,36+;19-,21+,22+,24-,25-,27-,28+,29-,30-,31-;17-,19+,21+,22-,23-,24-,26-,27+,28-,29-,30-;17-,19+,20+,22-,23-,25-,26+,27-,28-,29-/m1000/s1. The van der Waals surface area contributed by atoms with Gasteiger partial charge in [-0.05, 0) is 437 Å². The molecule has 13 saturated carbocycles. The van der Waals surface area contributed by atoms with Crippen LogP contribution in [0.4, 0.5) is 0 Å². The van der Waals surface area contributed by atoms with E-state index in [4.69, 9.17) is 18.9 Å². The van der Waals surface area contributed by atoms with Gasteiger partial charge in [-0.1, -0.05) is 155 Å². The number of hydrogen-bond acceptors (Lipinski definition) is 12. The number of carbonyl (C=O) groups excluding carboxylic acids is 5. The van der Waals surface area contributed by atoms with Crippen molar-refractivity contribution in [3.63, 3.8) is 0 Å². The molecule has 24 rings (SSSR count). The molecular weight excluding hydrogens is 1730 g/mol. The van der Waals surface area contributed by atoms with Gasteiger partial charge in [0.05, 0.1) is 52.9 Å². The molecule has 0 aromatic heterocycles. The number of likely N-dealkylation sites (tertiary alicyclic amines) is 2. The molecule has 20 fully saturated rings. The van der Waals surface area contributed by atoms with Crippen LogP contribution in [0.5, 0.6) is 0 Å². The van der Waals surface area contributed by atoms with Crippen molar-refractivity contribution in [2.75, 3.05) is 33.2 Å². The average molecular weight is 1930 g/mol. The van der Waals surface area contributed by atoms with Crippen molar-refractivity contribution in [1.29, 1.82) is 0 Å². The third kappa shape index (κ3) is 17.5. The quantitative estimate of drug-likeness (QED) is 0.224. The summed E-state index contributed by atoms with van der Waals surface area (Å²) in [6.45, 7) is 58.2. The van der Waals surface area contributed by atoms with Gasteiger partial charge >= 0.3 is 0 Å². The highest BCUT2D eigenvalue weighted by molar-refractivity contribution is 5.82. The van der Waals surface area contributed by atoms with Crippen molar-refractivity contribution in [1.82, 2.24) is 25.8 Å². The third-order valence-corrected chi connectivity index (χ3v) is 49.5. The minimum Gasteiger partial charge on any atom is -0.371 e. The van der Waals surface area contributed by atoms with E-state index < -0.39 is 0 Å². The van der Waals surface area contributed by atoms with E-state index in [9.17, 15) is 24.0 Å². The van der Waals surface area contributed by atoms with E-state index in [1.165, 1.54) is 192 Å². The summed E-state index contributed by atoms with van der Waals surface area (Å²) in [7, 11) is 2.33. The van der Waals surface area contributed by atoms with Crippen LogP contribution in [0.25, 0.3) is 0 Å². The number of piperidine rings is 3. The van der Waals surface area contributed by atoms with Gasteiger partial charge in [0.2, 0.25) is 11.8 Å². The predicted octanol–water partition coefficient (Wildman–Crippen LogP) is 26.5. The summed E-state index contributed by atoms with van der Waals surface area (Å²) in [5, 5.41) is 10.4. The number of ether oxygens (including phenoxy) is 4. The fourth-order valence-corrected chi connectivity index (χ4v) is 42.1. The summed E-state index contributed by atoms with van der Waals surface area (Å²) in [5.74, 6) is 20.7. The second kappa shape index (κ2) is 38.0. The second-order valence-electron chi connectivity index (χ2n) is 57.9. The highest BCUT2D eigenvalue weighted by Crippen LogP contribution is 2.72. The van der Waals surface area contributed by atoms with E-state index in [0.29, 0.717) is 153 Å². The molecule has 14 heteroatoms. The summed E-state index contributed by atoms with van der Waals surface area (Å²) in [4.78, 5) is 66.2. The lowest BCUT2D eigenvalue weighted by atomic mass is 9.52. The number of amides is 2. The molecule has 140 heavy (non-hydrogen) atoms. The van der Waals surface area contributed by atoms with E-state index in [0.717, 1.165) is 198 Å². The summed E-state index contributed by atoms with van der Waals surface area (Å²) in [6, 6.07) is 2.05. The van der Waals surface area contributed by atoms with Gasteiger partial charge in [0, 0.05) is 112 Å². The fraction of sp³-hybridized carbons (Fsp3) is 0.881. The Morgan fingerprint density at radius 2 is 0.814 bits per heavy atom. The molecule has 17 aliphatic carbocycles. The van der Waals surface area contributed by atoms with E-state index in [2.05, 4.69) is 157 Å². The molecule has 0 aromatic carbocycles. The molecule has 3 N–H and O–H groups in total. The first kappa shape index (κ1) is 102. The predicted molar refractivity (Wildman–Crippen MR) is 562 cm³/mol. The van der Waals surface area contributed by atoms with Gasteiger partial charge in [0.15, 0.2) is 0 Å². The molecular formula is C126H197N5O9. The van der Waals surface area contributed by atoms with Crippen LogP contribution in [0.2, 0.25) is 0 Å². The molecule has 7 heterocycles. The van der Waals surface area contributed by atoms with Crippen molar-refractivity contribution in [2.45, 2.75) is 486 Å². The smallest absolute Gasteiger partial charge is 0.225 e. The fourth-order valence-electron chi connectivity index (χ4n) is 42.1. The highest BCUT2D eigenvalue weighted by Gasteiger charge is 2.68. The molecule has 14 nitrogen and oxygen atoms in total. The molecule has 780 valence electrons. The number of likely N-dealkylation sites (N-methyl/N-ethyl adjacent to an activating group) is 1. The summed E-state index contributed by atoms with van der Waals surface area (Å²) in [5.41, 5.74) is 16.5. The first-order valence-electron chi connectivity index (χ1n) is 59.8. The normalized spacial score (nSPS) is 50.6. The minimum absolute atomic E-state index is 0.00236. The molecule has 7 aliphatic heterocycles. The van der Waals surface area contributed by atoms with E-state index in [1.54, 1.807) is 40.4 Å². The number of fused-ring (bicyclic) bond motifs is 24. The van der Waals surface area contributed by atoms with Crippen molar-refractivity contribution in [3.05, 3.63) is 56.9 Å². The Bertz CT molecular complexity index is 4850. The van der Waals surface area contributed by atoms with Crippen LogP contribution in [0.1, 0.15) is 415 Å². The lowest BCUT2D eigenvalue weighted by Gasteiger charge is -2.54. The van der Waals surface area contributed by atoms with Gasteiger partial charge in [-0.25, -0.2) is 0 Å². The van der Waals surface area contributed by atoms with Crippen molar-refractivity contribution in [2.24, 2.45) is 181 Å². The maximum atomic E-state index is 12.5. The van der Waals surface area contributed by atoms with Crippen LogP contribution in [0.3, 0.4) is 0 Å². The number of nitrogens with one attached hydrogen (secondary N) is 3. The Labute approximate surface area is 849 Å². The number of hydrogen-bond donors (Lipinski definition) is 3. The monoisotopic (exact) mass is 1920 g/mol. The molecule has 1 unspecified atom stereocenters. The zero-order valence-electron chi connectivity index (χ0n) is 92.4. The van der Waals surface area contributed by atoms with Crippen LogP contribution in [-0.2, 0) is 42.9 Å². The van der Waals surface area contributed by atoms with Gasteiger partial charge in [-0.3, -0.25) is 24.0 Å². The second-order valence-corrected chi connectivity index (χ2v) is 57.9. The zero-order chi connectivity index (χ0) is 98.8. The number of rotatable bonds is 5. The van der Waals surface area contributed by atoms with Gasteiger partial charge in [0.1, 0.15) is 17.3 Å². The van der Waals surface area contributed by atoms with Gasteiger partial charge in [0.25, 0.3) is 0 Å². The van der Waals surface area contributed by atoms with Crippen molar-refractivity contribution >= 4 is 29.2 Å². The Hall–Kier alpha value is -3.79. The van der Waals surface area contributed by atoms with E-state index in [-0.39, 0.29) is 39.6 Å². The molecule has 42 atom stereocenters. The van der Waals surface area contributed by atoms with Gasteiger partial charge in [-0.15, -0.1) is 0 Å². The summed E-state index contributed by atoms with van der Waals surface area (Å²) in [6.07, 6.45) is 51.5. The van der Waals surface area contributed by atoms with Crippen LogP contribution in [-0.4, -0.2) is 143 Å². The molecule has 0 radical (unpaired) electrons. The average Bonchev–Trinajstić information content (AvgIpc) is 1.56. The Morgan fingerprint density at radius 1 is 0.429 bits per heavy atom. The molecule has 7 saturated heterocycles. The SMILES string of the molecule is C=C(C)N1C[C@@H](C)C[C@H]2O[C@]3(CC[C@@H]4C(=C(C)C3)C[C@H]3[C@H]4CC[C@@H]4CC(=O)CC[C@@]43C)[C@H](C)[C@@H]21.CC(=O)N[C@H]1CC[C@@]2(C)[C@H](CC[C@H]3[C@@H]4CC[C@@]5(CC(C)=C4C[C@@H]32)O[C@@H]2C[C@H](C)CN[C@H]2[C@H]5C)C1.CC1=C2C[C@H]3[C@@H](CC[C@@H]4CC(=O)CC[C@@]43C)[C@@H]2CC[C@@]2(C1)O[C@@H]1C[C@H](C)CC(CCNC(=O)C(C)(C)C)[C@H]1[C@H]2C.CC1=C2C[C@H]3[C@@H](CC[C@@H]4CC(=O)CC[C@@]43C)[C@@H]2CC[C@@]2(C1)O[C@@H]1C[C@H](C)CN(C)[C@H]1[C@H]2C. The number of ketones is 3. The number of Topliss-reactive ketones (excluding diaryl/α,β-unsaturated/α-hetero) is 3. The maximum Gasteiger partial charge on any atom is 0.225 e. The van der Waals surface area contributed by atoms with Crippen LogP contribution in [0, 0.1) is 181 Å². The summed E-state index contributed by atoms with van der Waals surface area (Å²) >= 11 is 0. The molecule has 0 aromatic rings. The molecule has 24 aliphatic rings. The summed E-state index contributed by atoms with van der Waals surface area (Å²) < 4.78 is 28.6. The molecule has 2 amide bonds. The molecule has 4 spiro atoms. The maximum absolute atomic E-state index is 12.5. The lowest BCUT2D eigenvalue weighted by Crippen LogP contribution is -2.50. The Kier molecular flexibility index (Phi) is 27.7. The lowest BCUT2D eigenvalue weighted by molar-refractivity contribution is -0.130. The topological polar surface area (TPSA) is 165 Å². The zero-order valence-corrected chi connectivity index (χ0v) is 92.4.